The van der Waals surface area contributed by atoms with Gasteiger partial charge in [0.1, 0.15) is 17.3 Å². The summed E-state index contributed by atoms with van der Waals surface area (Å²) in [5, 5.41) is 3.17. The summed E-state index contributed by atoms with van der Waals surface area (Å²) in [6.45, 7) is 3.10. The molecule has 0 saturated carbocycles. The molecule has 3 aromatic rings. The molecule has 2 aromatic heterocycles. The molecular formula is C21H23N5O2. The summed E-state index contributed by atoms with van der Waals surface area (Å²) < 4.78 is 5.59. The number of benzene rings is 1. The minimum atomic E-state index is -0.164. The van der Waals surface area contributed by atoms with E-state index < -0.39 is 0 Å². The predicted molar refractivity (Wildman–Crippen MR) is 108 cm³/mol. The van der Waals surface area contributed by atoms with Gasteiger partial charge in [-0.05, 0) is 43.2 Å². The Kier molecular flexibility index (Phi) is 6.51. The van der Waals surface area contributed by atoms with Crippen LogP contribution in [0.5, 0.6) is 5.75 Å². The summed E-state index contributed by atoms with van der Waals surface area (Å²) in [5.41, 5.74) is 2.24. The summed E-state index contributed by atoms with van der Waals surface area (Å²) in [4.78, 5) is 26.8. The van der Waals surface area contributed by atoms with Gasteiger partial charge in [0.2, 0.25) is 0 Å². The molecule has 1 amide bonds. The second kappa shape index (κ2) is 9.45. The van der Waals surface area contributed by atoms with Gasteiger partial charge in [0, 0.05) is 26.0 Å². The molecule has 0 aliphatic carbocycles. The molecule has 0 fully saturated rings. The highest BCUT2D eigenvalue weighted by Gasteiger charge is 2.14. The van der Waals surface area contributed by atoms with Crippen molar-refractivity contribution < 1.29 is 9.53 Å². The van der Waals surface area contributed by atoms with Crippen LogP contribution in [-0.4, -0.2) is 46.0 Å². The molecule has 0 aliphatic heterocycles. The first-order valence-electron chi connectivity index (χ1n) is 9.12. The highest BCUT2D eigenvalue weighted by molar-refractivity contribution is 5.91. The maximum atomic E-state index is 12.5. The lowest BCUT2D eigenvalue weighted by molar-refractivity contribution is 0.0790. The minimum absolute atomic E-state index is 0.164. The molecule has 0 bridgehead atoms. The maximum Gasteiger partial charge on any atom is 0.273 e. The first-order valence-corrected chi connectivity index (χ1v) is 9.12. The van der Waals surface area contributed by atoms with Crippen molar-refractivity contribution in [3.8, 4) is 5.75 Å². The average Bonchev–Trinajstić information content (AvgIpc) is 2.74. The summed E-state index contributed by atoms with van der Waals surface area (Å²) >= 11 is 0. The minimum Gasteiger partial charge on any atom is -0.492 e. The van der Waals surface area contributed by atoms with Crippen LogP contribution in [0.3, 0.4) is 0 Å². The number of hydrogen-bond donors (Lipinski definition) is 1. The van der Waals surface area contributed by atoms with Crippen LogP contribution in [0, 0.1) is 0 Å². The van der Waals surface area contributed by atoms with Crippen molar-refractivity contribution in [2.24, 2.45) is 0 Å². The summed E-state index contributed by atoms with van der Waals surface area (Å²) in [6, 6.07) is 11.5. The fraction of sp³-hybridized carbons (Fsp3) is 0.238. The molecule has 0 atom stereocenters. The molecule has 0 aliphatic rings. The van der Waals surface area contributed by atoms with E-state index in [0.29, 0.717) is 24.7 Å². The standard InChI is InChI=1S/C21H23N5O2/c1-3-28-19-7-5-4-6-17(19)25-20-15-23-18(14-24-20)21(27)26(2)13-10-16-8-11-22-12-9-16/h4-9,11-12,14-15H,3,10,13H2,1-2H3,(H,24,25). The van der Waals surface area contributed by atoms with E-state index in [4.69, 9.17) is 4.74 Å². The highest BCUT2D eigenvalue weighted by Crippen LogP contribution is 2.26. The van der Waals surface area contributed by atoms with Gasteiger partial charge in [-0.2, -0.15) is 0 Å². The van der Waals surface area contributed by atoms with E-state index in [1.807, 2.05) is 43.3 Å². The number of nitrogens with zero attached hydrogens (tertiary/aromatic N) is 4. The van der Waals surface area contributed by atoms with E-state index >= 15 is 0 Å². The second-order valence-electron chi connectivity index (χ2n) is 6.17. The van der Waals surface area contributed by atoms with Crippen molar-refractivity contribution in [1.29, 1.82) is 0 Å². The van der Waals surface area contributed by atoms with E-state index in [9.17, 15) is 4.79 Å². The smallest absolute Gasteiger partial charge is 0.273 e. The summed E-state index contributed by atoms with van der Waals surface area (Å²) in [7, 11) is 1.76. The lowest BCUT2D eigenvalue weighted by Crippen LogP contribution is -2.29. The van der Waals surface area contributed by atoms with Crippen molar-refractivity contribution in [2.75, 3.05) is 25.5 Å². The zero-order chi connectivity index (χ0) is 19.8. The van der Waals surface area contributed by atoms with Gasteiger partial charge in [-0.15, -0.1) is 0 Å². The molecule has 3 rings (SSSR count). The Bertz CT molecular complexity index is 900. The number of carbonyl (C=O) groups excluding carboxylic acids is 1. The molecule has 0 spiro atoms. The van der Waals surface area contributed by atoms with Crippen molar-refractivity contribution in [3.05, 3.63) is 72.4 Å². The fourth-order valence-electron chi connectivity index (χ4n) is 2.64. The van der Waals surface area contributed by atoms with Gasteiger partial charge < -0.3 is 15.0 Å². The number of amides is 1. The molecule has 1 aromatic carbocycles. The van der Waals surface area contributed by atoms with Gasteiger partial charge in [-0.3, -0.25) is 9.78 Å². The zero-order valence-corrected chi connectivity index (χ0v) is 16.0. The van der Waals surface area contributed by atoms with E-state index in [2.05, 4.69) is 20.3 Å². The van der Waals surface area contributed by atoms with Crippen LogP contribution < -0.4 is 10.1 Å². The highest BCUT2D eigenvalue weighted by atomic mass is 16.5. The number of pyridine rings is 1. The molecule has 2 heterocycles. The summed E-state index contributed by atoms with van der Waals surface area (Å²) in [5.74, 6) is 1.12. The molecule has 28 heavy (non-hydrogen) atoms. The quantitative estimate of drug-likeness (QED) is 0.649. The topological polar surface area (TPSA) is 80.2 Å². The molecule has 1 N–H and O–H groups in total. The third-order valence-electron chi connectivity index (χ3n) is 4.15. The molecule has 144 valence electrons. The van der Waals surface area contributed by atoms with Crippen LogP contribution in [0.1, 0.15) is 23.0 Å². The van der Waals surface area contributed by atoms with Gasteiger partial charge in [0.25, 0.3) is 5.91 Å². The normalized spacial score (nSPS) is 10.4. The first kappa shape index (κ1) is 19.3. The Morgan fingerprint density at radius 2 is 1.89 bits per heavy atom. The molecule has 0 unspecified atom stereocenters. The lowest BCUT2D eigenvalue weighted by Gasteiger charge is -2.16. The van der Waals surface area contributed by atoms with Gasteiger partial charge in [0.05, 0.1) is 24.7 Å². The largest absolute Gasteiger partial charge is 0.492 e. The van der Waals surface area contributed by atoms with E-state index in [1.54, 1.807) is 30.5 Å². The number of likely N-dealkylation sites (N-methyl/N-ethyl adjacent to an activating group) is 1. The number of rotatable bonds is 8. The van der Waals surface area contributed by atoms with Crippen molar-refractivity contribution in [3.63, 3.8) is 0 Å². The third kappa shape index (κ3) is 5.03. The second-order valence-corrected chi connectivity index (χ2v) is 6.17. The van der Waals surface area contributed by atoms with Crippen molar-refractivity contribution in [1.82, 2.24) is 19.9 Å². The maximum absolute atomic E-state index is 12.5. The lowest BCUT2D eigenvalue weighted by atomic mass is 10.2. The number of hydrogen-bond acceptors (Lipinski definition) is 6. The Balaban J connectivity index is 1.61. The van der Waals surface area contributed by atoms with E-state index in [0.717, 1.165) is 23.4 Å². The molecular weight excluding hydrogens is 354 g/mol. The molecule has 7 nitrogen and oxygen atoms in total. The van der Waals surface area contributed by atoms with Crippen LogP contribution in [0.2, 0.25) is 0 Å². The molecule has 0 radical (unpaired) electrons. The Morgan fingerprint density at radius 3 is 2.61 bits per heavy atom. The number of ether oxygens (including phenoxy) is 1. The van der Waals surface area contributed by atoms with Gasteiger partial charge in [0.15, 0.2) is 0 Å². The van der Waals surface area contributed by atoms with Crippen LogP contribution in [0.4, 0.5) is 11.5 Å². The molecule has 0 saturated heterocycles. The number of nitrogens with one attached hydrogen (secondary N) is 1. The Labute approximate surface area is 164 Å². The van der Waals surface area contributed by atoms with Crippen molar-refractivity contribution in [2.45, 2.75) is 13.3 Å². The SMILES string of the molecule is CCOc1ccccc1Nc1cnc(C(=O)N(C)CCc2ccncc2)cn1. The van der Waals surface area contributed by atoms with Crippen LogP contribution in [0.25, 0.3) is 0 Å². The van der Waals surface area contributed by atoms with Gasteiger partial charge in [-0.25, -0.2) is 9.97 Å². The van der Waals surface area contributed by atoms with Crippen LogP contribution in [-0.2, 0) is 6.42 Å². The van der Waals surface area contributed by atoms with Crippen LogP contribution in [0.15, 0.2) is 61.2 Å². The number of aromatic nitrogens is 3. The number of anilines is 2. The van der Waals surface area contributed by atoms with Crippen molar-refractivity contribution >= 4 is 17.4 Å². The zero-order valence-electron chi connectivity index (χ0n) is 16.0. The summed E-state index contributed by atoms with van der Waals surface area (Å²) in [6.07, 6.45) is 7.28. The Hall–Kier alpha value is -3.48. The Morgan fingerprint density at radius 1 is 1.11 bits per heavy atom. The van der Waals surface area contributed by atoms with E-state index in [1.165, 1.54) is 6.20 Å². The number of para-hydroxylation sites is 2. The fourth-order valence-corrected chi connectivity index (χ4v) is 2.64. The van der Waals surface area contributed by atoms with Gasteiger partial charge >= 0.3 is 0 Å². The van der Waals surface area contributed by atoms with Crippen LogP contribution >= 0.6 is 0 Å². The third-order valence-corrected chi connectivity index (χ3v) is 4.15. The predicted octanol–water partition coefficient (Wildman–Crippen LogP) is 3.33. The average molecular weight is 377 g/mol. The monoisotopic (exact) mass is 377 g/mol. The molecule has 7 heteroatoms. The number of carbonyl (C=O) groups is 1. The first-order chi connectivity index (χ1) is 13.7. The van der Waals surface area contributed by atoms with Gasteiger partial charge in [-0.1, -0.05) is 12.1 Å². The van der Waals surface area contributed by atoms with E-state index in [-0.39, 0.29) is 5.91 Å².